The summed E-state index contributed by atoms with van der Waals surface area (Å²) in [6.45, 7) is 11.9. The number of piperidine rings is 1. The van der Waals surface area contributed by atoms with Crippen LogP contribution in [0.4, 0.5) is 16.4 Å². The van der Waals surface area contributed by atoms with Gasteiger partial charge in [0.15, 0.2) is 0 Å². The number of aryl methyl sites for hydroxylation is 2. The van der Waals surface area contributed by atoms with Gasteiger partial charge in [0, 0.05) is 41.1 Å². The van der Waals surface area contributed by atoms with Gasteiger partial charge in [0.05, 0.1) is 35.8 Å². The molecule has 0 atom stereocenters. The van der Waals surface area contributed by atoms with Crippen LogP contribution in [0, 0.1) is 13.8 Å². The fourth-order valence-corrected chi connectivity index (χ4v) is 7.00. The summed E-state index contributed by atoms with van der Waals surface area (Å²) in [7, 11) is 1.71. The summed E-state index contributed by atoms with van der Waals surface area (Å²) in [6, 6.07) is 10.6. The molecular weight excluding hydrogens is 548 g/mol. The first kappa shape index (κ1) is 28.3. The highest BCUT2D eigenvalue weighted by molar-refractivity contribution is 7.19. The lowest BCUT2D eigenvalue weighted by molar-refractivity contribution is 0.0204. The molecule has 1 saturated heterocycles. The van der Waals surface area contributed by atoms with Gasteiger partial charge in [-0.1, -0.05) is 18.2 Å². The highest BCUT2D eigenvalue weighted by atomic mass is 32.1. The minimum absolute atomic E-state index is 0.226. The molecule has 0 bridgehead atoms. The molecule has 2 aromatic carbocycles. The van der Waals surface area contributed by atoms with E-state index in [9.17, 15) is 4.79 Å². The minimum atomic E-state index is -0.486. The maximum absolute atomic E-state index is 12.6. The van der Waals surface area contributed by atoms with Crippen molar-refractivity contribution in [3.05, 3.63) is 58.1 Å². The number of rotatable bonds is 5. The van der Waals surface area contributed by atoms with Crippen LogP contribution in [-0.2, 0) is 11.2 Å². The second-order valence-corrected chi connectivity index (χ2v) is 13.4. The second kappa shape index (κ2) is 11.1. The number of amides is 1. The van der Waals surface area contributed by atoms with Crippen molar-refractivity contribution >= 4 is 39.3 Å². The number of hydrogen-bond acceptors (Lipinski definition) is 8. The molecule has 0 unspecified atom stereocenters. The van der Waals surface area contributed by atoms with Crippen LogP contribution in [0.3, 0.4) is 0 Å². The summed E-state index contributed by atoms with van der Waals surface area (Å²) in [5, 5.41) is 3.45. The van der Waals surface area contributed by atoms with Crippen LogP contribution >= 0.6 is 11.3 Å². The third kappa shape index (κ3) is 5.50. The second-order valence-electron chi connectivity index (χ2n) is 12.1. The van der Waals surface area contributed by atoms with Crippen molar-refractivity contribution in [3.63, 3.8) is 0 Å². The average Bonchev–Trinajstić information content (AvgIpc) is 3.57. The van der Waals surface area contributed by atoms with Crippen LogP contribution in [-0.4, -0.2) is 53.4 Å². The van der Waals surface area contributed by atoms with E-state index in [1.165, 1.54) is 16.0 Å². The number of ether oxygens (including phenoxy) is 3. The quantitative estimate of drug-likeness (QED) is 0.256. The first-order valence-electron chi connectivity index (χ1n) is 14.6. The van der Waals surface area contributed by atoms with Gasteiger partial charge in [0.1, 0.15) is 17.1 Å². The molecule has 2 aliphatic heterocycles. The minimum Gasteiger partial charge on any atom is -0.496 e. The van der Waals surface area contributed by atoms with E-state index in [4.69, 9.17) is 19.2 Å². The molecule has 0 spiro atoms. The Bertz CT molecular complexity index is 1650. The van der Waals surface area contributed by atoms with Gasteiger partial charge in [0.2, 0.25) is 5.95 Å². The van der Waals surface area contributed by atoms with Crippen molar-refractivity contribution in [1.29, 1.82) is 0 Å². The predicted molar refractivity (Wildman–Crippen MR) is 168 cm³/mol. The standard InChI is InChI=1S/C33H38N4O4S/c1-19-7-8-24(26(17-19)39-6)28-20(2)42-27-18-34-31(36-29(27)28)35-25-10-9-22(23-13-16-40-30(23)25)21-11-14-37(15-12-21)32(38)41-33(3,4)5/h7-10,17-18,21H,11-16H2,1-6H3,(H,34,35,36). The summed E-state index contributed by atoms with van der Waals surface area (Å²) in [5.74, 6) is 2.63. The number of hydrogen-bond donors (Lipinski definition) is 1. The maximum atomic E-state index is 12.6. The zero-order valence-electron chi connectivity index (χ0n) is 25.2. The van der Waals surface area contributed by atoms with E-state index >= 15 is 0 Å². The number of anilines is 2. The number of benzene rings is 2. The molecule has 0 saturated carbocycles. The summed E-state index contributed by atoms with van der Waals surface area (Å²) in [6.07, 6.45) is 4.34. The van der Waals surface area contributed by atoms with E-state index in [0.717, 1.165) is 63.4 Å². The highest BCUT2D eigenvalue weighted by Gasteiger charge is 2.31. The summed E-state index contributed by atoms with van der Waals surface area (Å²) >= 11 is 1.69. The van der Waals surface area contributed by atoms with Gasteiger partial charge < -0.3 is 24.4 Å². The Labute approximate surface area is 251 Å². The Morgan fingerprint density at radius 1 is 1.14 bits per heavy atom. The molecule has 220 valence electrons. The Morgan fingerprint density at radius 2 is 1.93 bits per heavy atom. The number of carbonyl (C=O) groups is 1. The lowest BCUT2D eigenvalue weighted by Crippen LogP contribution is -2.41. The average molecular weight is 587 g/mol. The van der Waals surface area contributed by atoms with Gasteiger partial charge in [0.25, 0.3) is 0 Å². The number of thiophene rings is 1. The molecular formula is C33H38N4O4S. The molecule has 4 heterocycles. The number of likely N-dealkylation sites (tertiary alicyclic amines) is 1. The third-order valence-electron chi connectivity index (χ3n) is 7.96. The van der Waals surface area contributed by atoms with Crippen LogP contribution in [0.5, 0.6) is 11.5 Å². The molecule has 9 heteroatoms. The fourth-order valence-electron chi connectivity index (χ4n) is 6.01. The van der Waals surface area contributed by atoms with E-state index in [-0.39, 0.29) is 6.09 Å². The zero-order chi connectivity index (χ0) is 29.6. The molecule has 2 aromatic heterocycles. The van der Waals surface area contributed by atoms with Crippen molar-refractivity contribution in [1.82, 2.24) is 14.9 Å². The Balaban J connectivity index is 1.25. The van der Waals surface area contributed by atoms with Crippen molar-refractivity contribution < 1.29 is 19.0 Å². The summed E-state index contributed by atoms with van der Waals surface area (Å²) < 4.78 is 18.5. The Kier molecular flexibility index (Phi) is 7.47. The predicted octanol–water partition coefficient (Wildman–Crippen LogP) is 7.78. The number of fused-ring (bicyclic) bond motifs is 2. The molecule has 2 aliphatic rings. The fraction of sp³-hybridized carbons (Fsp3) is 0.424. The molecule has 1 fully saturated rings. The first-order chi connectivity index (χ1) is 20.1. The SMILES string of the molecule is COc1cc(C)ccc1-c1c(C)sc2cnc(Nc3ccc(C4CCN(C(=O)OC(C)(C)C)CC4)c4c3OCC4)nc12. The van der Waals surface area contributed by atoms with E-state index in [2.05, 4.69) is 54.5 Å². The number of methoxy groups -OCH3 is 1. The molecule has 1 amide bonds. The van der Waals surface area contributed by atoms with E-state index in [1.807, 2.05) is 31.9 Å². The summed E-state index contributed by atoms with van der Waals surface area (Å²) in [5.41, 5.74) is 7.11. The molecule has 0 aliphatic carbocycles. The lowest BCUT2D eigenvalue weighted by Gasteiger charge is -2.34. The van der Waals surface area contributed by atoms with Crippen LogP contribution in [0.1, 0.15) is 61.1 Å². The topological polar surface area (TPSA) is 85.8 Å². The van der Waals surface area contributed by atoms with Crippen molar-refractivity contribution in [2.24, 2.45) is 0 Å². The largest absolute Gasteiger partial charge is 0.496 e. The maximum Gasteiger partial charge on any atom is 0.410 e. The first-order valence-corrected chi connectivity index (χ1v) is 15.4. The smallest absolute Gasteiger partial charge is 0.410 e. The monoisotopic (exact) mass is 586 g/mol. The van der Waals surface area contributed by atoms with E-state index in [1.54, 1.807) is 18.4 Å². The Morgan fingerprint density at radius 3 is 2.67 bits per heavy atom. The summed E-state index contributed by atoms with van der Waals surface area (Å²) in [4.78, 5) is 25.2. The number of nitrogens with one attached hydrogen (secondary N) is 1. The van der Waals surface area contributed by atoms with E-state index < -0.39 is 5.60 Å². The van der Waals surface area contributed by atoms with Crippen LogP contribution in [0.15, 0.2) is 36.5 Å². The third-order valence-corrected chi connectivity index (χ3v) is 8.99. The van der Waals surface area contributed by atoms with Crippen LogP contribution < -0.4 is 14.8 Å². The molecule has 0 radical (unpaired) electrons. The zero-order valence-corrected chi connectivity index (χ0v) is 26.0. The van der Waals surface area contributed by atoms with Gasteiger partial charge in [-0.05, 0) is 76.6 Å². The van der Waals surface area contributed by atoms with Gasteiger partial charge >= 0.3 is 6.09 Å². The van der Waals surface area contributed by atoms with E-state index in [0.29, 0.717) is 31.6 Å². The Hall–Kier alpha value is -3.85. The molecule has 4 aromatic rings. The number of carbonyl (C=O) groups excluding carboxylic acids is 1. The number of nitrogens with zero attached hydrogens (tertiary/aromatic N) is 3. The van der Waals surface area contributed by atoms with Gasteiger partial charge in [-0.3, -0.25) is 0 Å². The van der Waals surface area contributed by atoms with Crippen LogP contribution in [0.25, 0.3) is 21.3 Å². The highest BCUT2D eigenvalue weighted by Crippen LogP contribution is 2.44. The van der Waals surface area contributed by atoms with Crippen molar-refractivity contribution in [2.75, 3.05) is 32.1 Å². The van der Waals surface area contributed by atoms with Crippen molar-refractivity contribution in [3.8, 4) is 22.6 Å². The van der Waals surface area contributed by atoms with Gasteiger partial charge in [-0.15, -0.1) is 11.3 Å². The normalized spacial score (nSPS) is 15.4. The molecule has 1 N–H and O–H groups in total. The number of aromatic nitrogens is 2. The molecule has 6 rings (SSSR count). The lowest BCUT2D eigenvalue weighted by atomic mass is 9.85. The van der Waals surface area contributed by atoms with Gasteiger partial charge in [-0.2, -0.15) is 0 Å². The molecule has 8 nitrogen and oxygen atoms in total. The molecule has 42 heavy (non-hydrogen) atoms. The van der Waals surface area contributed by atoms with Crippen molar-refractivity contribution in [2.45, 2.75) is 65.4 Å². The van der Waals surface area contributed by atoms with Crippen LogP contribution in [0.2, 0.25) is 0 Å². The van der Waals surface area contributed by atoms with Gasteiger partial charge in [-0.25, -0.2) is 14.8 Å².